The number of allylic oxidation sites excluding steroid dienone is 8. The topological polar surface area (TPSA) is 0 Å². The van der Waals surface area contributed by atoms with Gasteiger partial charge in [-0.3, -0.25) is 0 Å². The Labute approximate surface area is 286 Å². The van der Waals surface area contributed by atoms with Gasteiger partial charge in [0.05, 0.1) is 0 Å². The van der Waals surface area contributed by atoms with Gasteiger partial charge < -0.3 is 0 Å². The van der Waals surface area contributed by atoms with Crippen LogP contribution in [-0.2, 0) is 38.5 Å². The van der Waals surface area contributed by atoms with E-state index >= 15 is 0 Å². The molecule has 0 aromatic heterocycles. The average molecular weight is 684 g/mol. The average Bonchev–Trinajstić information content (AvgIpc) is 3.67. The molecule has 3 aromatic rings. The van der Waals surface area contributed by atoms with E-state index in [1.807, 2.05) is 3.28 Å². The van der Waals surface area contributed by atoms with E-state index < -0.39 is 21.3 Å². The molecule has 0 bridgehead atoms. The van der Waals surface area contributed by atoms with Crippen molar-refractivity contribution in [3.63, 3.8) is 0 Å². The predicted molar refractivity (Wildman–Crippen MR) is 197 cm³/mol. The molecule has 236 valence electrons. The standard InChI is InChI=1S/C25H25.C13H21.C7H6.Zr/c1-14-12-24(3,4)22-8-16-7-17-9-23-19(15(2)13-25(23,5)6)11-21(17)20(16)10-18(14)22;1-6-10-8-11(7-2)12(9-10)13(3,4)5;1-7-5-3-2-4-6-7;/h8-12H,7H2,1-6H3;9-10H,6-7H2,1-5H3;1-6H;. The molecule has 3 aromatic carbocycles. The van der Waals surface area contributed by atoms with Crippen LogP contribution in [0.5, 0.6) is 0 Å². The molecule has 1 heteroatoms. The summed E-state index contributed by atoms with van der Waals surface area (Å²) in [6, 6.07) is 21.6. The Balaban J connectivity index is 1.44. The second-order valence-electron chi connectivity index (χ2n) is 16.5. The molecule has 0 saturated heterocycles. The quantitative estimate of drug-likeness (QED) is 0.196. The van der Waals surface area contributed by atoms with Crippen LogP contribution in [0.1, 0.15) is 128 Å². The Morgan fingerprint density at radius 1 is 0.826 bits per heavy atom. The van der Waals surface area contributed by atoms with Crippen LogP contribution in [0.3, 0.4) is 0 Å². The Morgan fingerprint density at radius 2 is 1.46 bits per heavy atom. The Bertz CT molecular complexity index is 1960. The second kappa shape index (κ2) is 11.0. The van der Waals surface area contributed by atoms with E-state index in [0.29, 0.717) is 5.92 Å². The monoisotopic (exact) mass is 682 g/mol. The minimum absolute atomic E-state index is 0.0149. The molecule has 7 rings (SSSR count). The summed E-state index contributed by atoms with van der Waals surface area (Å²) in [6.07, 6.45) is 8.50. The van der Waals surface area contributed by atoms with Crippen LogP contribution in [0, 0.1) is 11.3 Å². The summed E-state index contributed by atoms with van der Waals surface area (Å²) in [4.78, 5) is 0. The number of hydrogen-bond donors (Lipinski definition) is 0. The molecule has 4 aliphatic carbocycles. The number of fused-ring (bicyclic) bond motifs is 5. The minimum atomic E-state index is -2.58. The van der Waals surface area contributed by atoms with Crippen LogP contribution in [0.2, 0.25) is 0 Å². The molecular weight excluding hydrogens is 632 g/mol. The Morgan fingerprint density at radius 3 is 2.07 bits per heavy atom. The first-order valence-corrected chi connectivity index (χ1v) is 21.5. The molecule has 4 aliphatic rings. The third-order valence-electron chi connectivity index (χ3n) is 11.6. The number of rotatable bonds is 5. The molecule has 1 unspecified atom stereocenters. The fraction of sp³-hybridized carbons (Fsp3) is 0.400. The molecule has 0 saturated carbocycles. The summed E-state index contributed by atoms with van der Waals surface area (Å²) < 4.78 is 6.43. The van der Waals surface area contributed by atoms with Gasteiger partial charge in [-0.05, 0) is 0 Å². The molecule has 0 N–H and O–H groups in total. The van der Waals surface area contributed by atoms with Crippen molar-refractivity contribution >= 4 is 14.9 Å². The van der Waals surface area contributed by atoms with Gasteiger partial charge >= 0.3 is 288 Å². The fourth-order valence-corrected chi connectivity index (χ4v) is 18.7. The van der Waals surface area contributed by atoms with Crippen molar-refractivity contribution in [3.8, 4) is 11.1 Å². The summed E-state index contributed by atoms with van der Waals surface area (Å²) in [6.45, 7) is 26.7. The molecule has 0 nitrogen and oxygen atoms in total. The summed E-state index contributed by atoms with van der Waals surface area (Å²) in [5.74, 6) is 0.554. The van der Waals surface area contributed by atoms with Crippen molar-refractivity contribution in [2.75, 3.05) is 0 Å². The molecule has 0 amide bonds. The zero-order chi connectivity index (χ0) is 32.9. The summed E-state index contributed by atoms with van der Waals surface area (Å²) in [5.41, 5.74) is 20.0. The predicted octanol–water partition coefficient (Wildman–Crippen LogP) is 12.1. The first-order valence-electron chi connectivity index (χ1n) is 17.7. The van der Waals surface area contributed by atoms with Crippen LogP contribution in [0.4, 0.5) is 0 Å². The first-order chi connectivity index (χ1) is 21.7. The molecule has 0 spiro atoms. The Kier molecular flexibility index (Phi) is 7.61. The third kappa shape index (κ3) is 4.81. The van der Waals surface area contributed by atoms with E-state index in [1.54, 1.807) is 25.6 Å². The molecule has 0 fully saturated rings. The molecule has 0 radical (unpaired) electrons. The molecule has 1 atom stereocenters. The van der Waals surface area contributed by atoms with Crippen LogP contribution >= 0.6 is 0 Å². The van der Waals surface area contributed by atoms with Crippen molar-refractivity contribution in [2.24, 2.45) is 11.3 Å². The van der Waals surface area contributed by atoms with Crippen molar-refractivity contribution in [3.05, 3.63) is 123 Å². The van der Waals surface area contributed by atoms with E-state index in [-0.39, 0.29) is 16.2 Å². The van der Waals surface area contributed by atoms with Gasteiger partial charge in [0.15, 0.2) is 0 Å². The van der Waals surface area contributed by atoms with Crippen molar-refractivity contribution in [1.29, 1.82) is 0 Å². The van der Waals surface area contributed by atoms with E-state index in [0.717, 1.165) is 12.8 Å². The SMILES string of the molecule is CCC1=[C]([Zr](=[CH]c2ccccc2)[C]2=C(C)c3cc4c(cc3C2(C)C)Cc2cc3c(cc2-4)C(C)=CC3(C)C)C(CC)C=C1C(C)(C)C. The van der Waals surface area contributed by atoms with E-state index in [4.69, 9.17) is 0 Å². The van der Waals surface area contributed by atoms with Crippen molar-refractivity contribution in [1.82, 2.24) is 0 Å². The van der Waals surface area contributed by atoms with Crippen LogP contribution < -0.4 is 0 Å². The second-order valence-corrected chi connectivity index (χ2v) is 21.8. The fourth-order valence-electron chi connectivity index (χ4n) is 9.47. The van der Waals surface area contributed by atoms with Gasteiger partial charge in [0, 0.05) is 0 Å². The van der Waals surface area contributed by atoms with Gasteiger partial charge in [-0.25, -0.2) is 0 Å². The zero-order valence-corrected chi connectivity index (χ0v) is 32.6. The normalized spacial score (nSPS) is 20.9. The first kappa shape index (κ1) is 31.9. The molecule has 46 heavy (non-hydrogen) atoms. The van der Waals surface area contributed by atoms with Crippen LogP contribution in [-0.4, -0.2) is 3.71 Å². The van der Waals surface area contributed by atoms with E-state index in [1.165, 1.54) is 56.5 Å². The van der Waals surface area contributed by atoms with Gasteiger partial charge in [-0.1, -0.05) is 0 Å². The zero-order valence-electron chi connectivity index (χ0n) is 30.1. The number of benzene rings is 3. The molecular formula is C45H52Zr. The van der Waals surface area contributed by atoms with Crippen LogP contribution in [0.25, 0.3) is 22.3 Å². The van der Waals surface area contributed by atoms with Gasteiger partial charge in [0.2, 0.25) is 0 Å². The summed E-state index contributed by atoms with van der Waals surface area (Å²) in [5, 5.41) is 0. The third-order valence-corrected chi connectivity index (χ3v) is 20.0. The summed E-state index contributed by atoms with van der Waals surface area (Å²) >= 11 is -2.58. The van der Waals surface area contributed by atoms with Gasteiger partial charge in [-0.15, -0.1) is 0 Å². The van der Waals surface area contributed by atoms with Crippen LogP contribution in [0.15, 0.2) is 84.5 Å². The Hall–Kier alpha value is -2.63. The molecule has 0 aliphatic heterocycles. The number of hydrogen-bond acceptors (Lipinski definition) is 0. The van der Waals surface area contributed by atoms with Gasteiger partial charge in [-0.2, -0.15) is 0 Å². The van der Waals surface area contributed by atoms with Crippen molar-refractivity contribution in [2.45, 2.75) is 106 Å². The van der Waals surface area contributed by atoms with Gasteiger partial charge in [0.25, 0.3) is 0 Å². The maximum absolute atomic E-state index is 2.80. The maximum atomic E-state index is 2.80. The molecule has 0 heterocycles. The van der Waals surface area contributed by atoms with Crippen molar-refractivity contribution < 1.29 is 21.3 Å². The summed E-state index contributed by atoms with van der Waals surface area (Å²) in [7, 11) is 0. The van der Waals surface area contributed by atoms with E-state index in [2.05, 4.69) is 147 Å². The van der Waals surface area contributed by atoms with E-state index in [9.17, 15) is 0 Å². The van der Waals surface area contributed by atoms with Gasteiger partial charge in [0.1, 0.15) is 0 Å².